The molecule has 4 unspecified atom stereocenters. The number of rotatable bonds is 4. The Bertz CT molecular complexity index is 560. The monoisotopic (exact) mass is 330 g/mol. The molecule has 122 valence electrons. The van der Waals surface area contributed by atoms with Crippen molar-refractivity contribution in [1.82, 2.24) is 0 Å². The molecular weight excluding hydrogens is 310 g/mol. The first-order valence-electron chi connectivity index (χ1n) is 7.67. The molecule has 5 heteroatoms. The van der Waals surface area contributed by atoms with Gasteiger partial charge in [-0.2, -0.15) is 0 Å². The molecule has 2 fully saturated rings. The molecule has 0 saturated carbocycles. The molecule has 2 bridgehead atoms. The van der Waals surface area contributed by atoms with Crippen molar-refractivity contribution in [2.75, 3.05) is 0 Å². The molecular formula is C17H21ClF2O2. The number of fused-ring (bicyclic) bond motifs is 2. The number of ether oxygens (including phenoxy) is 2. The van der Waals surface area contributed by atoms with E-state index in [1.165, 1.54) is 18.2 Å². The highest BCUT2D eigenvalue weighted by molar-refractivity contribution is 6.21. The predicted octanol–water partition coefficient (Wildman–Crippen LogP) is 4.43. The van der Waals surface area contributed by atoms with Crippen molar-refractivity contribution >= 4 is 11.6 Å². The Hall–Kier alpha value is -0.710. The first-order chi connectivity index (χ1) is 10.3. The fourth-order valence-corrected chi connectivity index (χ4v) is 4.44. The summed E-state index contributed by atoms with van der Waals surface area (Å²) in [6.07, 6.45) is 1.15. The van der Waals surface area contributed by atoms with Crippen molar-refractivity contribution in [3.63, 3.8) is 0 Å². The second-order valence-corrected chi connectivity index (χ2v) is 7.43. The molecule has 2 aliphatic heterocycles. The number of alkyl halides is 1. The first-order valence-corrected chi connectivity index (χ1v) is 8.11. The van der Waals surface area contributed by atoms with Crippen LogP contribution in [-0.2, 0) is 16.1 Å². The molecule has 2 nitrogen and oxygen atoms in total. The van der Waals surface area contributed by atoms with E-state index in [9.17, 15) is 8.78 Å². The predicted molar refractivity (Wildman–Crippen MR) is 80.9 cm³/mol. The van der Waals surface area contributed by atoms with Gasteiger partial charge in [0.25, 0.3) is 0 Å². The van der Waals surface area contributed by atoms with Gasteiger partial charge in [0.1, 0.15) is 11.6 Å². The summed E-state index contributed by atoms with van der Waals surface area (Å²) in [5, 5.41) is -0.0532. The highest BCUT2D eigenvalue weighted by Crippen LogP contribution is 2.57. The van der Waals surface area contributed by atoms with Gasteiger partial charge in [0.2, 0.25) is 0 Å². The standard InChI is InChI=1S/C17H21ClF2O2/c1-10(2)17-8-15(16(3,22-17)7-14(17)18)21-9-11-12(19)5-4-6-13(11)20/h4-6,10,14-15H,7-9H2,1-3H3. The van der Waals surface area contributed by atoms with Crippen molar-refractivity contribution in [3.8, 4) is 0 Å². The van der Waals surface area contributed by atoms with Crippen LogP contribution >= 0.6 is 11.6 Å². The van der Waals surface area contributed by atoms with Crippen molar-refractivity contribution in [1.29, 1.82) is 0 Å². The molecule has 2 heterocycles. The van der Waals surface area contributed by atoms with Gasteiger partial charge in [-0.05, 0) is 31.4 Å². The van der Waals surface area contributed by atoms with E-state index in [2.05, 4.69) is 13.8 Å². The molecule has 2 aliphatic rings. The minimum Gasteiger partial charge on any atom is -0.370 e. The molecule has 0 spiro atoms. The Morgan fingerprint density at radius 1 is 1.32 bits per heavy atom. The van der Waals surface area contributed by atoms with Crippen LogP contribution in [0.3, 0.4) is 0 Å². The Kier molecular flexibility index (Phi) is 3.99. The second kappa shape index (κ2) is 5.43. The summed E-state index contributed by atoms with van der Waals surface area (Å²) >= 11 is 6.48. The van der Waals surface area contributed by atoms with Gasteiger partial charge in [-0.25, -0.2) is 8.78 Å². The maximum absolute atomic E-state index is 13.7. The van der Waals surface area contributed by atoms with Crippen LogP contribution in [0.2, 0.25) is 0 Å². The van der Waals surface area contributed by atoms with E-state index >= 15 is 0 Å². The molecule has 1 aromatic rings. The third kappa shape index (κ3) is 2.36. The topological polar surface area (TPSA) is 18.5 Å². The van der Waals surface area contributed by atoms with Crippen LogP contribution in [-0.4, -0.2) is 22.7 Å². The first kappa shape index (κ1) is 16.2. The summed E-state index contributed by atoms with van der Waals surface area (Å²) in [5.41, 5.74) is -0.928. The maximum atomic E-state index is 13.7. The lowest BCUT2D eigenvalue weighted by Crippen LogP contribution is -2.45. The number of hydrogen-bond donors (Lipinski definition) is 0. The van der Waals surface area contributed by atoms with E-state index in [1.54, 1.807) is 0 Å². The van der Waals surface area contributed by atoms with E-state index in [0.29, 0.717) is 12.8 Å². The molecule has 0 radical (unpaired) electrons. The zero-order chi connectivity index (χ0) is 16.1. The van der Waals surface area contributed by atoms with Crippen molar-refractivity contribution < 1.29 is 18.3 Å². The van der Waals surface area contributed by atoms with Gasteiger partial charge in [0.05, 0.1) is 29.3 Å². The molecule has 4 atom stereocenters. The summed E-state index contributed by atoms with van der Waals surface area (Å²) in [6, 6.07) is 3.83. The van der Waals surface area contributed by atoms with Crippen LogP contribution in [0.1, 0.15) is 39.2 Å². The zero-order valence-corrected chi connectivity index (χ0v) is 13.8. The number of hydrogen-bond acceptors (Lipinski definition) is 2. The fraction of sp³-hybridized carbons (Fsp3) is 0.647. The number of benzene rings is 1. The third-order valence-electron chi connectivity index (χ3n) is 5.19. The lowest BCUT2D eigenvalue weighted by atomic mass is 9.75. The van der Waals surface area contributed by atoms with Crippen LogP contribution in [0.5, 0.6) is 0 Å². The van der Waals surface area contributed by atoms with Crippen LogP contribution in [0.25, 0.3) is 0 Å². The van der Waals surface area contributed by atoms with Crippen LogP contribution < -0.4 is 0 Å². The van der Waals surface area contributed by atoms with E-state index in [-0.39, 0.29) is 29.6 Å². The van der Waals surface area contributed by atoms with E-state index < -0.39 is 22.8 Å². The van der Waals surface area contributed by atoms with Gasteiger partial charge < -0.3 is 9.47 Å². The largest absolute Gasteiger partial charge is 0.370 e. The summed E-state index contributed by atoms with van der Waals surface area (Å²) < 4.78 is 39.5. The smallest absolute Gasteiger partial charge is 0.131 e. The van der Waals surface area contributed by atoms with E-state index in [1.807, 2.05) is 6.92 Å². The van der Waals surface area contributed by atoms with Crippen molar-refractivity contribution in [3.05, 3.63) is 35.4 Å². The van der Waals surface area contributed by atoms with Gasteiger partial charge >= 0.3 is 0 Å². The molecule has 22 heavy (non-hydrogen) atoms. The lowest BCUT2D eigenvalue weighted by Gasteiger charge is -2.35. The quantitative estimate of drug-likeness (QED) is 0.760. The lowest BCUT2D eigenvalue weighted by molar-refractivity contribution is -0.0962. The molecule has 3 rings (SSSR count). The Morgan fingerprint density at radius 2 is 1.95 bits per heavy atom. The molecule has 0 aromatic heterocycles. The minimum absolute atomic E-state index is 0.0325. The molecule has 1 aromatic carbocycles. The normalized spacial score (nSPS) is 37.2. The molecule has 2 saturated heterocycles. The Morgan fingerprint density at radius 3 is 2.50 bits per heavy atom. The zero-order valence-electron chi connectivity index (χ0n) is 13.0. The molecule has 0 N–H and O–H groups in total. The van der Waals surface area contributed by atoms with Crippen molar-refractivity contribution in [2.24, 2.45) is 5.92 Å². The Labute approximate surface area is 134 Å². The second-order valence-electron chi connectivity index (χ2n) is 6.90. The highest BCUT2D eigenvalue weighted by atomic mass is 35.5. The van der Waals surface area contributed by atoms with Gasteiger partial charge in [-0.3, -0.25) is 0 Å². The fourth-order valence-electron chi connectivity index (χ4n) is 3.75. The SMILES string of the molecule is CC(C)C12CC(OCc3c(F)cccc3F)C(C)(CC1Cl)O2. The van der Waals surface area contributed by atoms with E-state index in [0.717, 1.165) is 0 Å². The number of halogens is 3. The van der Waals surface area contributed by atoms with Crippen LogP contribution in [0, 0.1) is 17.6 Å². The maximum Gasteiger partial charge on any atom is 0.131 e. The molecule has 0 amide bonds. The van der Waals surface area contributed by atoms with Gasteiger partial charge in [-0.15, -0.1) is 11.6 Å². The summed E-state index contributed by atoms with van der Waals surface area (Å²) in [6.45, 7) is 6.05. The summed E-state index contributed by atoms with van der Waals surface area (Å²) in [4.78, 5) is 0. The van der Waals surface area contributed by atoms with E-state index in [4.69, 9.17) is 21.1 Å². The van der Waals surface area contributed by atoms with Gasteiger partial charge in [0.15, 0.2) is 0 Å². The van der Waals surface area contributed by atoms with Gasteiger partial charge in [-0.1, -0.05) is 19.9 Å². The average Bonchev–Trinajstić information content (AvgIpc) is 2.86. The van der Waals surface area contributed by atoms with Crippen molar-refractivity contribution in [2.45, 2.75) is 62.9 Å². The van der Waals surface area contributed by atoms with Crippen LogP contribution in [0.15, 0.2) is 18.2 Å². The minimum atomic E-state index is -0.581. The van der Waals surface area contributed by atoms with Crippen LogP contribution in [0.4, 0.5) is 8.78 Å². The third-order valence-corrected chi connectivity index (χ3v) is 5.71. The summed E-state index contributed by atoms with van der Waals surface area (Å²) in [7, 11) is 0. The summed E-state index contributed by atoms with van der Waals surface area (Å²) in [5.74, 6) is -0.901. The molecule has 0 aliphatic carbocycles. The van der Waals surface area contributed by atoms with Gasteiger partial charge in [0, 0.05) is 12.0 Å². The highest BCUT2D eigenvalue weighted by Gasteiger charge is 2.65. The average molecular weight is 331 g/mol. The Balaban J connectivity index is 1.75.